The van der Waals surface area contributed by atoms with E-state index in [1.807, 2.05) is 12.1 Å². The minimum absolute atomic E-state index is 0.553. The van der Waals surface area contributed by atoms with E-state index in [1.165, 1.54) is 44.7 Å². The molecular weight excluding hydrogens is 220 g/mol. The lowest BCUT2D eigenvalue weighted by molar-refractivity contribution is 0.138. The quantitative estimate of drug-likeness (QED) is 0.806. The molecule has 1 spiro atoms. The van der Waals surface area contributed by atoms with E-state index in [1.54, 1.807) is 0 Å². The van der Waals surface area contributed by atoms with Crippen molar-refractivity contribution in [1.29, 1.82) is 0 Å². The highest BCUT2D eigenvalue weighted by Gasteiger charge is 2.40. The fourth-order valence-electron chi connectivity index (χ4n) is 2.85. The molecule has 0 aromatic heterocycles. The normalized spacial score (nSPS) is 23.2. The summed E-state index contributed by atoms with van der Waals surface area (Å²) in [7, 11) is 0. The molecule has 0 bridgehead atoms. The molecule has 0 amide bonds. The van der Waals surface area contributed by atoms with Crippen molar-refractivity contribution < 1.29 is 0 Å². The number of hydrogen-bond acceptors (Lipinski definition) is 2. The van der Waals surface area contributed by atoms with E-state index in [0.717, 1.165) is 5.02 Å². The summed E-state index contributed by atoms with van der Waals surface area (Å²) >= 11 is 5.92. The molecule has 2 fully saturated rings. The number of nitrogens with zero attached hydrogens (tertiary/aromatic N) is 1. The number of benzene rings is 1. The third-order valence-electron chi connectivity index (χ3n) is 3.85. The summed E-state index contributed by atoms with van der Waals surface area (Å²) in [6.07, 6.45) is 2.69. The van der Waals surface area contributed by atoms with E-state index < -0.39 is 0 Å². The molecule has 3 rings (SSSR count). The Morgan fingerprint density at radius 1 is 1.19 bits per heavy atom. The van der Waals surface area contributed by atoms with Crippen molar-refractivity contribution in [1.82, 2.24) is 5.32 Å². The Morgan fingerprint density at radius 2 is 1.94 bits per heavy atom. The lowest BCUT2D eigenvalue weighted by Gasteiger charge is -2.50. The Morgan fingerprint density at radius 3 is 2.56 bits per heavy atom. The van der Waals surface area contributed by atoms with Crippen LogP contribution in [0.25, 0.3) is 0 Å². The molecule has 0 unspecified atom stereocenters. The van der Waals surface area contributed by atoms with Crippen LogP contribution in [0.15, 0.2) is 24.3 Å². The molecule has 86 valence electrons. The zero-order valence-corrected chi connectivity index (χ0v) is 10.1. The van der Waals surface area contributed by atoms with Gasteiger partial charge in [0, 0.05) is 42.3 Å². The van der Waals surface area contributed by atoms with E-state index in [0.29, 0.717) is 5.41 Å². The molecule has 16 heavy (non-hydrogen) atoms. The SMILES string of the molecule is Clc1ccc(N2CCCC3(CNC3)C2)cc1. The number of rotatable bonds is 1. The zero-order chi connectivity index (χ0) is 11.0. The van der Waals surface area contributed by atoms with Crippen LogP contribution in [0.4, 0.5) is 5.69 Å². The smallest absolute Gasteiger partial charge is 0.0407 e. The lowest BCUT2D eigenvalue weighted by atomic mass is 9.75. The standard InChI is InChI=1S/C13H17ClN2/c14-11-2-4-12(5-3-11)16-7-1-6-13(10-16)8-15-9-13/h2-5,15H,1,6-10H2. The van der Waals surface area contributed by atoms with Crippen molar-refractivity contribution in [3.63, 3.8) is 0 Å². The van der Waals surface area contributed by atoms with Crippen LogP contribution in [-0.4, -0.2) is 26.2 Å². The van der Waals surface area contributed by atoms with Gasteiger partial charge in [-0.3, -0.25) is 0 Å². The maximum absolute atomic E-state index is 5.92. The Balaban J connectivity index is 1.76. The summed E-state index contributed by atoms with van der Waals surface area (Å²) in [5.41, 5.74) is 1.87. The third-order valence-corrected chi connectivity index (χ3v) is 4.11. The van der Waals surface area contributed by atoms with Gasteiger partial charge >= 0.3 is 0 Å². The maximum atomic E-state index is 5.92. The highest BCUT2D eigenvalue weighted by molar-refractivity contribution is 6.30. The summed E-state index contributed by atoms with van der Waals surface area (Å²) in [5, 5.41) is 4.23. The molecule has 2 aliphatic rings. The van der Waals surface area contributed by atoms with Gasteiger partial charge in [0.05, 0.1) is 0 Å². The van der Waals surface area contributed by atoms with Crippen LogP contribution in [0.1, 0.15) is 12.8 Å². The van der Waals surface area contributed by atoms with Gasteiger partial charge in [-0.05, 0) is 37.1 Å². The van der Waals surface area contributed by atoms with Gasteiger partial charge in [0.1, 0.15) is 0 Å². The number of hydrogen-bond donors (Lipinski definition) is 1. The molecule has 2 aliphatic heterocycles. The first-order chi connectivity index (χ1) is 7.77. The van der Waals surface area contributed by atoms with E-state index in [-0.39, 0.29) is 0 Å². The summed E-state index contributed by atoms with van der Waals surface area (Å²) < 4.78 is 0. The maximum Gasteiger partial charge on any atom is 0.0407 e. The average Bonchev–Trinajstić information content (AvgIpc) is 2.28. The number of piperidine rings is 1. The molecule has 2 nitrogen and oxygen atoms in total. The Kier molecular flexibility index (Phi) is 2.56. The van der Waals surface area contributed by atoms with Gasteiger partial charge in [-0.25, -0.2) is 0 Å². The fourth-order valence-corrected chi connectivity index (χ4v) is 2.97. The molecule has 2 heterocycles. The predicted octanol–water partition coefficient (Wildman–Crippen LogP) is 2.53. The van der Waals surface area contributed by atoms with E-state index in [4.69, 9.17) is 11.6 Å². The van der Waals surface area contributed by atoms with Crippen molar-refractivity contribution >= 4 is 17.3 Å². The Hall–Kier alpha value is -0.730. The first-order valence-corrected chi connectivity index (χ1v) is 6.37. The van der Waals surface area contributed by atoms with Gasteiger partial charge in [-0.1, -0.05) is 11.6 Å². The second-order valence-corrected chi connectivity index (χ2v) is 5.54. The van der Waals surface area contributed by atoms with Crippen LogP contribution in [0.5, 0.6) is 0 Å². The highest BCUT2D eigenvalue weighted by Crippen LogP contribution is 2.35. The summed E-state index contributed by atoms with van der Waals surface area (Å²) in [6, 6.07) is 8.23. The minimum Gasteiger partial charge on any atom is -0.371 e. The van der Waals surface area contributed by atoms with Crippen molar-refractivity contribution in [3.05, 3.63) is 29.3 Å². The van der Waals surface area contributed by atoms with Crippen LogP contribution < -0.4 is 10.2 Å². The molecule has 1 N–H and O–H groups in total. The second-order valence-electron chi connectivity index (χ2n) is 5.11. The molecule has 1 aromatic carbocycles. The van der Waals surface area contributed by atoms with E-state index in [9.17, 15) is 0 Å². The van der Waals surface area contributed by atoms with Gasteiger partial charge in [-0.2, -0.15) is 0 Å². The summed E-state index contributed by atoms with van der Waals surface area (Å²) in [5.74, 6) is 0. The molecule has 0 atom stereocenters. The fraction of sp³-hybridized carbons (Fsp3) is 0.538. The van der Waals surface area contributed by atoms with Crippen LogP contribution in [0.2, 0.25) is 5.02 Å². The first-order valence-electron chi connectivity index (χ1n) is 5.99. The van der Waals surface area contributed by atoms with Crippen LogP contribution in [0, 0.1) is 5.41 Å². The Labute approximate surface area is 102 Å². The minimum atomic E-state index is 0.553. The van der Waals surface area contributed by atoms with Gasteiger partial charge in [0.2, 0.25) is 0 Å². The van der Waals surface area contributed by atoms with Crippen LogP contribution >= 0.6 is 11.6 Å². The lowest BCUT2D eigenvalue weighted by Crippen LogP contribution is -2.61. The van der Waals surface area contributed by atoms with Gasteiger partial charge in [-0.15, -0.1) is 0 Å². The van der Waals surface area contributed by atoms with Crippen molar-refractivity contribution in [2.75, 3.05) is 31.1 Å². The summed E-state index contributed by atoms with van der Waals surface area (Å²) in [4.78, 5) is 2.50. The van der Waals surface area contributed by atoms with Gasteiger partial charge in [0.25, 0.3) is 0 Å². The van der Waals surface area contributed by atoms with Crippen LogP contribution in [-0.2, 0) is 0 Å². The first kappa shape index (κ1) is 10.4. The molecular formula is C13H17ClN2. The zero-order valence-electron chi connectivity index (χ0n) is 9.38. The number of halogens is 1. The molecule has 1 aromatic rings. The van der Waals surface area contributed by atoms with Crippen molar-refractivity contribution in [2.45, 2.75) is 12.8 Å². The van der Waals surface area contributed by atoms with Crippen molar-refractivity contribution in [2.24, 2.45) is 5.41 Å². The van der Waals surface area contributed by atoms with E-state index in [2.05, 4.69) is 22.3 Å². The molecule has 0 radical (unpaired) electrons. The third kappa shape index (κ3) is 1.80. The van der Waals surface area contributed by atoms with Crippen LogP contribution in [0.3, 0.4) is 0 Å². The molecule has 0 aliphatic carbocycles. The van der Waals surface area contributed by atoms with Gasteiger partial charge in [0.15, 0.2) is 0 Å². The second kappa shape index (κ2) is 3.94. The van der Waals surface area contributed by atoms with Crippen molar-refractivity contribution in [3.8, 4) is 0 Å². The number of nitrogens with one attached hydrogen (secondary N) is 1. The van der Waals surface area contributed by atoms with E-state index >= 15 is 0 Å². The number of anilines is 1. The highest BCUT2D eigenvalue weighted by atomic mass is 35.5. The predicted molar refractivity (Wildman–Crippen MR) is 68.2 cm³/mol. The largest absolute Gasteiger partial charge is 0.371 e. The summed E-state index contributed by atoms with van der Waals surface area (Å²) in [6.45, 7) is 4.76. The van der Waals surface area contributed by atoms with Gasteiger partial charge < -0.3 is 10.2 Å². The average molecular weight is 237 g/mol. The molecule has 2 saturated heterocycles. The molecule has 3 heteroatoms. The Bertz CT molecular complexity index is 370. The molecule has 0 saturated carbocycles. The monoisotopic (exact) mass is 236 g/mol. The topological polar surface area (TPSA) is 15.3 Å².